The zero-order valence-electron chi connectivity index (χ0n) is 13.7. The van der Waals surface area contributed by atoms with Crippen LogP contribution in [0.4, 0.5) is 0 Å². The molecule has 1 aromatic carbocycles. The molecule has 0 aromatic heterocycles. The topological polar surface area (TPSA) is 23.5 Å². The van der Waals surface area contributed by atoms with Crippen molar-refractivity contribution in [3.8, 4) is 0 Å². The number of likely N-dealkylation sites (tertiary alicyclic amines) is 1. The van der Waals surface area contributed by atoms with Gasteiger partial charge in [0, 0.05) is 13.1 Å². The minimum absolute atomic E-state index is 0.141. The molecule has 1 atom stereocenters. The first-order valence-electron chi connectivity index (χ1n) is 7.78. The highest BCUT2D eigenvalue weighted by Gasteiger charge is 2.20. The number of piperidine rings is 1. The van der Waals surface area contributed by atoms with Crippen molar-refractivity contribution in [1.82, 2.24) is 4.90 Å². The molecule has 1 fully saturated rings. The smallest absolute Gasteiger partial charge is 0.0667 e. The quantitative estimate of drug-likeness (QED) is 0.892. The van der Waals surface area contributed by atoms with Crippen molar-refractivity contribution in [2.45, 2.75) is 65.5 Å². The fourth-order valence-electron chi connectivity index (χ4n) is 3.07. The Morgan fingerprint density at radius 3 is 2.30 bits per heavy atom. The molecule has 1 aromatic rings. The van der Waals surface area contributed by atoms with Crippen molar-refractivity contribution < 1.29 is 5.11 Å². The van der Waals surface area contributed by atoms with Crippen LogP contribution < -0.4 is 0 Å². The molecule has 2 rings (SSSR count). The molecule has 20 heavy (non-hydrogen) atoms. The maximum atomic E-state index is 9.81. The molecule has 2 nitrogen and oxygen atoms in total. The van der Waals surface area contributed by atoms with Gasteiger partial charge in [-0.15, -0.1) is 0 Å². The second-order valence-corrected chi connectivity index (χ2v) is 7.37. The van der Waals surface area contributed by atoms with Gasteiger partial charge in [-0.3, -0.25) is 4.90 Å². The largest absolute Gasteiger partial charge is 0.392 e. The van der Waals surface area contributed by atoms with Crippen LogP contribution in [-0.2, 0) is 12.0 Å². The third-order valence-electron chi connectivity index (χ3n) is 4.42. The summed E-state index contributed by atoms with van der Waals surface area (Å²) in [6, 6.07) is 4.67. The third kappa shape index (κ3) is 3.62. The molecular weight excluding hydrogens is 246 g/mol. The number of aliphatic hydroxyl groups excluding tert-OH is 1. The molecule has 1 aliphatic heterocycles. The summed E-state index contributed by atoms with van der Waals surface area (Å²) in [6.07, 6.45) is 1.93. The summed E-state index contributed by atoms with van der Waals surface area (Å²) in [6.45, 7) is 14.1. The van der Waals surface area contributed by atoms with E-state index in [1.54, 1.807) is 0 Å². The van der Waals surface area contributed by atoms with Crippen molar-refractivity contribution >= 4 is 0 Å². The molecular formula is C18H29NO. The predicted molar refractivity (Wildman–Crippen MR) is 85.1 cm³/mol. The molecule has 2 heteroatoms. The van der Waals surface area contributed by atoms with Gasteiger partial charge in [-0.1, -0.05) is 32.9 Å². The summed E-state index contributed by atoms with van der Waals surface area (Å²) in [5.41, 5.74) is 5.82. The number of β-amino-alcohol motifs (C(OH)–C–C–N with tert-alkyl or cyclic N) is 1. The van der Waals surface area contributed by atoms with E-state index in [4.69, 9.17) is 0 Å². The molecule has 0 radical (unpaired) electrons. The van der Waals surface area contributed by atoms with Crippen LogP contribution in [0.15, 0.2) is 12.1 Å². The van der Waals surface area contributed by atoms with Crippen molar-refractivity contribution in [2.75, 3.05) is 13.1 Å². The lowest BCUT2D eigenvalue weighted by Gasteiger charge is -2.31. The summed E-state index contributed by atoms with van der Waals surface area (Å²) in [5.74, 6) is 0. The number of rotatable bonds is 2. The monoisotopic (exact) mass is 275 g/mol. The Bertz CT molecular complexity index is 450. The van der Waals surface area contributed by atoms with Gasteiger partial charge in [0.25, 0.3) is 0 Å². The van der Waals surface area contributed by atoms with Gasteiger partial charge in [0.05, 0.1) is 6.10 Å². The van der Waals surface area contributed by atoms with Gasteiger partial charge in [-0.2, -0.15) is 0 Å². The van der Waals surface area contributed by atoms with Gasteiger partial charge in [0.15, 0.2) is 0 Å². The van der Waals surface area contributed by atoms with Gasteiger partial charge in [-0.25, -0.2) is 0 Å². The van der Waals surface area contributed by atoms with Crippen molar-refractivity contribution in [1.29, 1.82) is 0 Å². The second-order valence-electron chi connectivity index (χ2n) is 7.37. The highest BCUT2D eigenvalue weighted by molar-refractivity contribution is 5.40. The van der Waals surface area contributed by atoms with Crippen LogP contribution in [0.1, 0.15) is 55.9 Å². The van der Waals surface area contributed by atoms with E-state index in [2.05, 4.69) is 51.7 Å². The maximum Gasteiger partial charge on any atom is 0.0667 e. The Morgan fingerprint density at radius 2 is 1.80 bits per heavy atom. The standard InChI is InChI=1S/C18H29NO/c1-13-9-15(18(3,4)5)10-14(2)17(13)12-19-8-6-7-16(20)11-19/h9-10,16,20H,6-8,11-12H2,1-5H3/t16-/m0/s1. The Kier molecular flexibility index (Phi) is 4.55. The number of nitrogens with zero attached hydrogens (tertiary/aromatic N) is 1. The van der Waals surface area contributed by atoms with Crippen LogP contribution in [0, 0.1) is 13.8 Å². The van der Waals surface area contributed by atoms with Crippen LogP contribution in [0.5, 0.6) is 0 Å². The molecule has 1 saturated heterocycles. The van der Waals surface area contributed by atoms with E-state index >= 15 is 0 Å². The SMILES string of the molecule is Cc1cc(C(C)(C)C)cc(C)c1CN1CCC[C@H](O)C1. The normalized spacial score (nSPS) is 21.2. The van der Waals surface area contributed by atoms with E-state index in [1.807, 2.05) is 0 Å². The van der Waals surface area contributed by atoms with Crippen LogP contribution >= 0.6 is 0 Å². The minimum Gasteiger partial charge on any atom is -0.392 e. The minimum atomic E-state index is -0.141. The van der Waals surface area contributed by atoms with E-state index in [9.17, 15) is 5.11 Å². The van der Waals surface area contributed by atoms with E-state index < -0.39 is 0 Å². The lowest BCUT2D eigenvalue weighted by Crippen LogP contribution is -2.38. The average molecular weight is 275 g/mol. The Morgan fingerprint density at radius 1 is 1.20 bits per heavy atom. The summed E-state index contributed by atoms with van der Waals surface area (Å²) in [5, 5.41) is 9.81. The fourth-order valence-corrected chi connectivity index (χ4v) is 3.07. The van der Waals surface area contributed by atoms with Gasteiger partial charge in [0.1, 0.15) is 0 Å². The lowest BCUT2D eigenvalue weighted by molar-refractivity contribution is 0.0666. The summed E-state index contributed by atoms with van der Waals surface area (Å²) >= 11 is 0. The summed E-state index contributed by atoms with van der Waals surface area (Å²) < 4.78 is 0. The Balaban J connectivity index is 2.20. The zero-order chi connectivity index (χ0) is 14.9. The molecule has 1 N–H and O–H groups in total. The van der Waals surface area contributed by atoms with Crippen molar-refractivity contribution in [3.63, 3.8) is 0 Å². The van der Waals surface area contributed by atoms with E-state index in [0.29, 0.717) is 0 Å². The number of aryl methyl sites for hydroxylation is 2. The molecule has 112 valence electrons. The molecule has 0 amide bonds. The van der Waals surface area contributed by atoms with E-state index in [1.165, 1.54) is 22.3 Å². The third-order valence-corrected chi connectivity index (χ3v) is 4.42. The molecule has 1 heterocycles. The van der Waals surface area contributed by atoms with Gasteiger partial charge in [0.2, 0.25) is 0 Å². The van der Waals surface area contributed by atoms with Crippen molar-refractivity contribution in [3.05, 3.63) is 34.4 Å². The first kappa shape index (κ1) is 15.5. The first-order chi connectivity index (χ1) is 9.27. The molecule has 0 spiro atoms. The molecule has 0 saturated carbocycles. The average Bonchev–Trinajstić information content (AvgIpc) is 2.32. The number of benzene rings is 1. The van der Waals surface area contributed by atoms with Crippen LogP contribution in [0.3, 0.4) is 0 Å². The maximum absolute atomic E-state index is 9.81. The van der Waals surface area contributed by atoms with Gasteiger partial charge in [-0.05, 0) is 60.9 Å². The predicted octanol–water partition coefficient (Wildman–Crippen LogP) is 3.56. The van der Waals surface area contributed by atoms with Crippen molar-refractivity contribution in [2.24, 2.45) is 0 Å². The molecule has 0 unspecified atom stereocenters. The lowest BCUT2D eigenvalue weighted by atomic mass is 9.83. The Labute approximate surface area is 123 Å². The molecule has 1 aliphatic rings. The first-order valence-corrected chi connectivity index (χ1v) is 7.78. The van der Waals surface area contributed by atoms with E-state index in [-0.39, 0.29) is 11.5 Å². The number of hydrogen-bond acceptors (Lipinski definition) is 2. The van der Waals surface area contributed by atoms with E-state index in [0.717, 1.165) is 32.5 Å². The fraction of sp³-hybridized carbons (Fsp3) is 0.667. The number of hydrogen-bond donors (Lipinski definition) is 1. The Hall–Kier alpha value is -0.860. The van der Waals surface area contributed by atoms with Crippen LogP contribution in [0.2, 0.25) is 0 Å². The summed E-state index contributed by atoms with van der Waals surface area (Å²) in [7, 11) is 0. The molecule has 0 bridgehead atoms. The highest BCUT2D eigenvalue weighted by Crippen LogP contribution is 2.28. The van der Waals surface area contributed by atoms with Crippen LogP contribution in [-0.4, -0.2) is 29.2 Å². The van der Waals surface area contributed by atoms with Gasteiger partial charge >= 0.3 is 0 Å². The molecule has 0 aliphatic carbocycles. The van der Waals surface area contributed by atoms with Crippen LogP contribution in [0.25, 0.3) is 0 Å². The summed E-state index contributed by atoms with van der Waals surface area (Å²) in [4.78, 5) is 2.39. The second kappa shape index (κ2) is 5.87. The van der Waals surface area contributed by atoms with Gasteiger partial charge < -0.3 is 5.11 Å². The zero-order valence-corrected chi connectivity index (χ0v) is 13.7. The number of aliphatic hydroxyl groups is 1. The highest BCUT2D eigenvalue weighted by atomic mass is 16.3.